The summed E-state index contributed by atoms with van der Waals surface area (Å²) in [5.74, 6) is 0.0699. The van der Waals surface area contributed by atoms with E-state index >= 15 is 0 Å². The fourth-order valence-electron chi connectivity index (χ4n) is 2.28. The van der Waals surface area contributed by atoms with Crippen LogP contribution in [0.5, 0.6) is 0 Å². The van der Waals surface area contributed by atoms with Gasteiger partial charge >= 0.3 is 0 Å². The molecule has 0 atom stereocenters. The van der Waals surface area contributed by atoms with E-state index in [0.717, 1.165) is 12.2 Å². The van der Waals surface area contributed by atoms with Crippen LogP contribution in [0.1, 0.15) is 26.3 Å². The van der Waals surface area contributed by atoms with Gasteiger partial charge in [0.05, 0.1) is 0 Å². The molecule has 0 saturated heterocycles. The van der Waals surface area contributed by atoms with Gasteiger partial charge in [0.15, 0.2) is 0 Å². The third-order valence-electron chi connectivity index (χ3n) is 3.05. The molecule has 1 heterocycles. The SMILES string of the molecule is C/C=C/C(=O)N1CC(C)(C)c2ccccc21. The summed E-state index contributed by atoms with van der Waals surface area (Å²) in [6.45, 7) is 6.98. The molecular weight excluding hydrogens is 198 g/mol. The molecule has 1 aromatic rings. The number of nitrogens with zero attached hydrogens (tertiary/aromatic N) is 1. The van der Waals surface area contributed by atoms with E-state index in [0.29, 0.717) is 0 Å². The lowest BCUT2D eigenvalue weighted by Crippen LogP contribution is -2.32. The van der Waals surface area contributed by atoms with Crippen LogP contribution in [-0.4, -0.2) is 12.5 Å². The van der Waals surface area contributed by atoms with Gasteiger partial charge in [-0.25, -0.2) is 0 Å². The van der Waals surface area contributed by atoms with Crippen LogP contribution < -0.4 is 4.90 Å². The molecule has 0 bridgehead atoms. The highest BCUT2D eigenvalue weighted by molar-refractivity contribution is 6.03. The van der Waals surface area contributed by atoms with Crippen LogP contribution in [0.15, 0.2) is 36.4 Å². The monoisotopic (exact) mass is 215 g/mol. The number of carbonyl (C=O) groups excluding carboxylic acids is 1. The quantitative estimate of drug-likeness (QED) is 0.660. The van der Waals surface area contributed by atoms with Crippen molar-refractivity contribution in [1.82, 2.24) is 0 Å². The molecule has 0 aromatic heterocycles. The lowest BCUT2D eigenvalue weighted by Gasteiger charge is -2.19. The maximum absolute atomic E-state index is 11.9. The summed E-state index contributed by atoms with van der Waals surface area (Å²) in [7, 11) is 0. The van der Waals surface area contributed by atoms with Gasteiger partial charge in [-0.1, -0.05) is 38.1 Å². The lowest BCUT2D eigenvalue weighted by atomic mass is 9.87. The molecule has 2 nitrogen and oxygen atoms in total. The van der Waals surface area contributed by atoms with E-state index in [1.165, 1.54) is 5.56 Å². The van der Waals surface area contributed by atoms with Crippen molar-refractivity contribution in [3.63, 3.8) is 0 Å². The van der Waals surface area contributed by atoms with Crippen molar-refractivity contribution in [2.75, 3.05) is 11.4 Å². The van der Waals surface area contributed by atoms with Crippen molar-refractivity contribution in [2.24, 2.45) is 0 Å². The first kappa shape index (κ1) is 10.9. The molecular formula is C14H17NO. The van der Waals surface area contributed by atoms with Gasteiger partial charge in [-0.2, -0.15) is 0 Å². The third kappa shape index (κ3) is 1.64. The van der Waals surface area contributed by atoms with Crippen LogP contribution in [0.4, 0.5) is 5.69 Å². The Morgan fingerprint density at radius 2 is 2.06 bits per heavy atom. The molecule has 1 aliphatic heterocycles. The minimum atomic E-state index is 0.0494. The van der Waals surface area contributed by atoms with Crippen molar-refractivity contribution in [3.8, 4) is 0 Å². The molecule has 0 fully saturated rings. The lowest BCUT2D eigenvalue weighted by molar-refractivity contribution is -0.114. The third-order valence-corrected chi connectivity index (χ3v) is 3.05. The molecule has 1 aliphatic rings. The molecule has 1 amide bonds. The minimum Gasteiger partial charge on any atom is -0.308 e. The fourth-order valence-corrected chi connectivity index (χ4v) is 2.28. The number of hydrogen-bond acceptors (Lipinski definition) is 1. The summed E-state index contributed by atoms with van der Waals surface area (Å²) < 4.78 is 0. The second-order valence-electron chi connectivity index (χ2n) is 4.83. The van der Waals surface area contributed by atoms with Gasteiger partial charge in [0, 0.05) is 17.6 Å². The van der Waals surface area contributed by atoms with Crippen molar-refractivity contribution in [2.45, 2.75) is 26.2 Å². The highest BCUT2D eigenvalue weighted by atomic mass is 16.2. The first-order chi connectivity index (χ1) is 7.56. The highest BCUT2D eigenvalue weighted by Crippen LogP contribution is 2.40. The zero-order valence-electron chi connectivity index (χ0n) is 10.0. The summed E-state index contributed by atoms with van der Waals surface area (Å²) in [6, 6.07) is 8.14. The topological polar surface area (TPSA) is 20.3 Å². The largest absolute Gasteiger partial charge is 0.308 e. The van der Waals surface area contributed by atoms with Gasteiger partial charge < -0.3 is 4.90 Å². The molecule has 0 saturated carbocycles. The van der Waals surface area contributed by atoms with E-state index in [9.17, 15) is 4.79 Å². The number of para-hydroxylation sites is 1. The Bertz CT molecular complexity index is 446. The standard InChI is InChI=1S/C14H17NO/c1-4-7-13(16)15-10-14(2,3)11-8-5-6-9-12(11)15/h4-9H,10H2,1-3H3/b7-4+. The predicted molar refractivity (Wildman–Crippen MR) is 66.6 cm³/mol. The summed E-state index contributed by atoms with van der Waals surface area (Å²) in [4.78, 5) is 13.8. The van der Waals surface area contributed by atoms with Crippen molar-refractivity contribution in [3.05, 3.63) is 42.0 Å². The van der Waals surface area contributed by atoms with E-state index < -0.39 is 0 Å². The van der Waals surface area contributed by atoms with Crippen LogP contribution in [-0.2, 0) is 10.2 Å². The second kappa shape index (κ2) is 3.78. The first-order valence-corrected chi connectivity index (χ1v) is 5.60. The van der Waals surface area contributed by atoms with Gasteiger partial charge in [-0.05, 0) is 24.6 Å². The number of anilines is 1. The highest BCUT2D eigenvalue weighted by Gasteiger charge is 2.36. The molecule has 84 valence electrons. The van der Waals surface area contributed by atoms with Crippen LogP contribution in [0.25, 0.3) is 0 Å². The van der Waals surface area contributed by atoms with E-state index in [-0.39, 0.29) is 11.3 Å². The Morgan fingerprint density at radius 1 is 1.38 bits per heavy atom. The summed E-state index contributed by atoms with van der Waals surface area (Å²) in [5, 5.41) is 0. The van der Waals surface area contributed by atoms with Gasteiger partial charge in [0.25, 0.3) is 5.91 Å². The number of carbonyl (C=O) groups is 1. The van der Waals surface area contributed by atoms with Crippen LogP contribution in [0.2, 0.25) is 0 Å². The number of hydrogen-bond donors (Lipinski definition) is 0. The number of fused-ring (bicyclic) bond motifs is 1. The number of amides is 1. The van der Waals surface area contributed by atoms with E-state index in [1.54, 1.807) is 12.2 Å². The fraction of sp³-hybridized carbons (Fsp3) is 0.357. The van der Waals surface area contributed by atoms with Crippen LogP contribution in [0, 0.1) is 0 Å². The van der Waals surface area contributed by atoms with E-state index in [2.05, 4.69) is 19.9 Å². The molecule has 0 radical (unpaired) electrons. The average molecular weight is 215 g/mol. The van der Waals surface area contributed by atoms with Crippen molar-refractivity contribution < 1.29 is 4.79 Å². The Hall–Kier alpha value is -1.57. The zero-order chi connectivity index (χ0) is 11.8. The molecule has 0 aliphatic carbocycles. The minimum absolute atomic E-state index is 0.0494. The summed E-state index contributed by atoms with van der Waals surface area (Å²) >= 11 is 0. The normalized spacial score (nSPS) is 17.8. The van der Waals surface area contributed by atoms with Gasteiger partial charge in [0.1, 0.15) is 0 Å². The summed E-state index contributed by atoms with van der Waals surface area (Å²) in [6.07, 6.45) is 3.41. The molecule has 0 spiro atoms. The maximum atomic E-state index is 11.9. The first-order valence-electron chi connectivity index (χ1n) is 5.60. The van der Waals surface area contributed by atoms with Gasteiger partial charge in [-0.3, -0.25) is 4.79 Å². The zero-order valence-corrected chi connectivity index (χ0v) is 10.0. The molecule has 0 N–H and O–H groups in total. The number of rotatable bonds is 1. The Labute approximate surface area is 96.6 Å². The predicted octanol–water partition coefficient (Wildman–Crippen LogP) is 2.89. The maximum Gasteiger partial charge on any atom is 0.250 e. The molecule has 0 unspecified atom stereocenters. The smallest absolute Gasteiger partial charge is 0.250 e. The Balaban J connectivity index is 2.44. The summed E-state index contributed by atoms with van der Waals surface area (Å²) in [5.41, 5.74) is 2.36. The Morgan fingerprint density at radius 3 is 2.75 bits per heavy atom. The van der Waals surface area contributed by atoms with Crippen molar-refractivity contribution in [1.29, 1.82) is 0 Å². The van der Waals surface area contributed by atoms with Crippen LogP contribution >= 0.6 is 0 Å². The van der Waals surface area contributed by atoms with Crippen molar-refractivity contribution >= 4 is 11.6 Å². The van der Waals surface area contributed by atoms with Crippen LogP contribution in [0.3, 0.4) is 0 Å². The average Bonchev–Trinajstić information content (AvgIpc) is 2.52. The number of benzene rings is 1. The van der Waals surface area contributed by atoms with Gasteiger partial charge in [-0.15, -0.1) is 0 Å². The number of allylic oxidation sites excluding steroid dienone is 1. The molecule has 1 aromatic carbocycles. The van der Waals surface area contributed by atoms with E-state index in [1.807, 2.05) is 30.0 Å². The van der Waals surface area contributed by atoms with E-state index in [4.69, 9.17) is 0 Å². The van der Waals surface area contributed by atoms with Gasteiger partial charge in [0.2, 0.25) is 0 Å². The molecule has 2 rings (SSSR count). The molecule has 2 heteroatoms. The second-order valence-corrected chi connectivity index (χ2v) is 4.83. The Kier molecular flexibility index (Phi) is 2.58. The molecule has 16 heavy (non-hydrogen) atoms.